The minimum Gasteiger partial charge on any atom is -0.458 e. The van der Waals surface area contributed by atoms with E-state index in [1.54, 1.807) is 0 Å². The number of rotatable bonds is 2. The van der Waals surface area contributed by atoms with Gasteiger partial charge in [-0.3, -0.25) is 9.59 Å². The number of carbonyl (C=O) groups excluding carboxylic acids is 2. The van der Waals surface area contributed by atoms with Crippen LogP contribution in [0.4, 0.5) is 0 Å². The fraction of sp³-hybridized carbons (Fsp3) is 0.429. The van der Waals surface area contributed by atoms with Crippen LogP contribution in [-0.2, 0) is 25.5 Å². The van der Waals surface area contributed by atoms with Crippen molar-refractivity contribution < 1.29 is 19.1 Å². The van der Waals surface area contributed by atoms with Gasteiger partial charge >= 0.3 is 11.9 Å². The number of hydrogen-bond donors (Lipinski definition) is 0. The molecule has 0 bridgehead atoms. The summed E-state index contributed by atoms with van der Waals surface area (Å²) in [6.07, 6.45) is 0.623. The first-order valence-electron chi connectivity index (χ1n) is 6.00. The standard InChI is InChI=1S/C14H16O4/c1-9(15)17-13-8-7-11-5-3-4-6-12(11)14(13)18-10(2)16/h3-6,13-14H,7-8H2,1-2H3/t13-,14-/m0/s1. The maximum absolute atomic E-state index is 11.2. The van der Waals surface area contributed by atoms with E-state index in [1.807, 2.05) is 24.3 Å². The molecule has 0 N–H and O–H groups in total. The van der Waals surface area contributed by atoms with Crippen LogP contribution in [0.25, 0.3) is 0 Å². The average molecular weight is 248 g/mol. The third-order valence-electron chi connectivity index (χ3n) is 3.01. The third kappa shape index (κ3) is 2.70. The maximum Gasteiger partial charge on any atom is 0.303 e. The fourth-order valence-electron chi connectivity index (χ4n) is 2.34. The molecule has 2 rings (SSSR count). The molecule has 1 aromatic carbocycles. The lowest BCUT2D eigenvalue weighted by Crippen LogP contribution is -2.32. The molecule has 0 spiro atoms. The van der Waals surface area contributed by atoms with Crippen LogP contribution in [0.2, 0.25) is 0 Å². The van der Waals surface area contributed by atoms with Gasteiger partial charge in [0.05, 0.1) is 0 Å². The molecular formula is C14H16O4. The Balaban J connectivity index is 2.30. The first-order valence-corrected chi connectivity index (χ1v) is 6.00. The number of hydrogen-bond acceptors (Lipinski definition) is 4. The fourth-order valence-corrected chi connectivity index (χ4v) is 2.34. The van der Waals surface area contributed by atoms with Crippen molar-refractivity contribution in [3.63, 3.8) is 0 Å². The molecular weight excluding hydrogens is 232 g/mol. The highest BCUT2D eigenvalue weighted by Gasteiger charge is 2.33. The van der Waals surface area contributed by atoms with Crippen molar-refractivity contribution in [3.8, 4) is 0 Å². The van der Waals surface area contributed by atoms with E-state index in [1.165, 1.54) is 13.8 Å². The summed E-state index contributed by atoms with van der Waals surface area (Å²) in [6.45, 7) is 2.73. The number of benzene rings is 1. The molecule has 0 aliphatic heterocycles. The number of esters is 2. The highest BCUT2D eigenvalue weighted by molar-refractivity contribution is 5.67. The van der Waals surface area contributed by atoms with E-state index in [0.717, 1.165) is 17.5 Å². The van der Waals surface area contributed by atoms with E-state index >= 15 is 0 Å². The molecule has 1 aliphatic carbocycles. The second-order valence-electron chi connectivity index (χ2n) is 4.42. The molecule has 0 heterocycles. The summed E-state index contributed by atoms with van der Waals surface area (Å²) in [6, 6.07) is 7.77. The topological polar surface area (TPSA) is 52.6 Å². The Bertz CT molecular complexity index is 467. The lowest BCUT2D eigenvalue weighted by atomic mass is 9.87. The molecule has 1 aromatic rings. The zero-order chi connectivity index (χ0) is 13.1. The largest absolute Gasteiger partial charge is 0.458 e. The molecule has 4 heteroatoms. The van der Waals surface area contributed by atoms with E-state index in [9.17, 15) is 9.59 Å². The van der Waals surface area contributed by atoms with Crippen LogP contribution in [0.3, 0.4) is 0 Å². The maximum atomic E-state index is 11.2. The number of carbonyl (C=O) groups is 2. The Labute approximate surface area is 106 Å². The van der Waals surface area contributed by atoms with Crippen LogP contribution in [0.1, 0.15) is 37.5 Å². The van der Waals surface area contributed by atoms with Gasteiger partial charge in [0, 0.05) is 13.8 Å². The quantitative estimate of drug-likeness (QED) is 0.753. The first-order chi connectivity index (χ1) is 8.58. The molecule has 0 radical (unpaired) electrons. The van der Waals surface area contributed by atoms with Crippen molar-refractivity contribution in [1.29, 1.82) is 0 Å². The third-order valence-corrected chi connectivity index (χ3v) is 3.01. The molecule has 0 saturated carbocycles. The summed E-state index contributed by atoms with van der Waals surface area (Å²) < 4.78 is 10.6. The van der Waals surface area contributed by atoms with Crippen molar-refractivity contribution in [2.24, 2.45) is 0 Å². The van der Waals surface area contributed by atoms with E-state index in [4.69, 9.17) is 9.47 Å². The summed E-state index contributed by atoms with van der Waals surface area (Å²) in [4.78, 5) is 22.3. The Morgan fingerprint density at radius 3 is 2.44 bits per heavy atom. The lowest BCUT2D eigenvalue weighted by molar-refractivity contribution is -0.167. The summed E-state index contributed by atoms with van der Waals surface area (Å²) in [5, 5.41) is 0. The zero-order valence-corrected chi connectivity index (χ0v) is 10.5. The molecule has 0 fully saturated rings. The Kier molecular flexibility index (Phi) is 3.65. The highest BCUT2D eigenvalue weighted by atomic mass is 16.6. The van der Waals surface area contributed by atoms with Crippen molar-refractivity contribution in [1.82, 2.24) is 0 Å². The van der Waals surface area contributed by atoms with Gasteiger partial charge in [0.25, 0.3) is 0 Å². The molecule has 0 unspecified atom stereocenters. The van der Waals surface area contributed by atoms with Crippen LogP contribution >= 0.6 is 0 Å². The van der Waals surface area contributed by atoms with E-state index < -0.39 is 6.10 Å². The summed E-state index contributed by atoms with van der Waals surface area (Å²) in [7, 11) is 0. The monoisotopic (exact) mass is 248 g/mol. The first kappa shape index (κ1) is 12.6. The molecule has 2 atom stereocenters. The van der Waals surface area contributed by atoms with Crippen LogP contribution < -0.4 is 0 Å². The molecule has 18 heavy (non-hydrogen) atoms. The minimum absolute atomic E-state index is 0.350. The summed E-state index contributed by atoms with van der Waals surface area (Å²) in [5.74, 6) is -0.717. The van der Waals surface area contributed by atoms with Crippen LogP contribution in [0.5, 0.6) is 0 Å². The average Bonchev–Trinajstić information content (AvgIpc) is 2.31. The van der Waals surface area contributed by atoms with Gasteiger partial charge in [-0.25, -0.2) is 0 Å². The molecule has 96 valence electrons. The van der Waals surface area contributed by atoms with Crippen molar-refractivity contribution in [2.75, 3.05) is 0 Å². The van der Waals surface area contributed by atoms with Gasteiger partial charge in [0.1, 0.15) is 6.10 Å². The number of aryl methyl sites for hydroxylation is 1. The van der Waals surface area contributed by atoms with Gasteiger partial charge in [0.15, 0.2) is 6.10 Å². The molecule has 0 aromatic heterocycles. The minimum atomic E-state index is -0.489. The Morgan fingerprint density at radius 2 is 1.78 bits per heavy atom. The SMILES string of the molecule is CC(=O)O[C@H]1CCc2ccccc2[C@@H]1OC(C)=O. The van der Waals surface area contributed by atoms with Gasteiger partial charge in [-0.15, -0.1) is 0 Å². The molecule has 0 saturated heterocycles. The van der Waals surface area contributed by atoms with Gasteiger partial charge < -0.3 is 9.47 Å². The molecule has 1 aliphatic rings. The second kappa shape index (κ2) is 5.21. The predicted molar refractivity (Wildman–Crippen MR) is 64.8 cm³/mol. The highest BCUT2D eigenvalue weighted by Crippen LogP contribution is 2.34. The van der Waals surface area contributed by atoms with Gasteiger partial charge in [-0.1, -0.05) is 24.3 Å². The number of ether oxygens (including phenoxy) is 2. The van der Waals surface area contributed by atoms with Crippen molar-refractivity contribution in [2.45, 2.75) is 38.9 Å². The van der Waals surface area contributed by atoms with E-state index in [2.05, 4.69) is 0 Å². The lowest BCUT2D eigenvalue weighted by Gasteiger charge is -2.32. The van der Waals surface area contributed by atoms with Gasteiger partial charge in [-0.2, -0.15) is 0 Å². The molecule has 0 amide bonds. The summed E-state index contributed by atoms with van der Waals surface area (Å²) >= 11 is 0. The summed E-state index contributed by atoms with van der Waals surface area (Å²) in [5.41, 5.74) is 2.08. The normalized spacial score (nSPS) is 21.9. The van der Waals surface area contributed by atoms with Crippen LogP contribution in [0.15, 0.2) is 24.3 Å². The smallest absolute Gasteiger partial charge is 0.303 e. The predicted octanol–water partition coefficient (Wildman–Crippen LogP) is 2.17. The van der Waals surface area contributed by atoms with E-state index in [0.29, 0.717) is 6.42 Å². The van der Waals surface area contributed by atoms with Crippen molar-refractivity contribution in [3.05, 3.63) is 35.4 Å². The van der Waals surface area contributed by atoms with Crippen molar-refractivity contribution >= 4 is 11.9 Å². The van der Waals surface area contributed by atoms with Gasteiger partial charge in [-0.05, 0) is 24.0 Å². The Hall–Kier alpha value is -1.84. The van der Waals surface area contributed by atoms with Crippen LogP contribution in [-0.4, -0.2) is 18.0 Å². The van der Waals surface area contributed by atoms with Gasteiger partial charge in [0.2, 0.25) is 0 Å². The van der Waals surface area contributed by atoms with E-state index in [-0.39, 0.29) is 18.0 Å². The Morgan fingerprint density at radius 1 is 1.11 bits per heavy atom. The van der Waals surface area contributed by atoms with Crippen LogP contribution in [0, 0.1) is 0 Å². The molecule has 4 nitrogen and oxygen atoms in total. The zero-order valence-electron chi connectivity index (χ0n) is 10.5. The number of fused-ring (bicyclic) bond motifs is 1. The second-order valence-corrected chi connectivity index (χ2v) is 4.42.